The van der Waals surface area contributed by atoms with E-state index in [-0.39, 0.29) is 36.4 Å². The van der Waals surface area contributed by atoms with Crippen molar-refractivity contribution in [2.24, 2.45) is 4.99 Å². The lowest BCUT2D eigenvalue weighted by Gasteiger charge is -2.36. The van der Waals surface area contributed by atoms with Crippen LogP contribution in [0.4, 0.5) is 5.69 Å². The van der Waals surface area contributed by atoms with Crippen molar-refractivity contribution in [1.29, 1.82) is 0 Å². The van der Waals surface area contributed by atoms with Gasteiger partial charge in [0.1, 0.15) is 0 Å². The van der Waals surface area contributed by atoms with E-state index in [0.717, 1.165) is 56.3 Å². The topological polar surface area (TPSA) is 60.0 Å². The molecule has 26 heavy (non-hydrogen) atoms. The molecule has 2 rings (SSSR count). The standard InChI is InChI=1S/C18H28ClN5O.HI/c1-3-4-9-21-18(20-2)22-14-17(25)24-12-10-23(11-13-24)16-7-5-15(19)6-8-16;/h5-8H,3-4,9-14H2,1-2H3,(H2,20,21,22);1H. The third-order valence-electron chi connectivity index (χ3n) is 4.28. The number of rotatable bonds is 6. The smallest absolute Gasteiger partial charge is 0.242 e. The molecule has 1 aromatic carbocycles. The summed E-state index contributed by atoms with van der Waals surface area (Å²) in [6, 6.07) is 7.84. The van der Waals surface area contributed by atoms with E-state index < -0.39 is 0 Å². The number of hydrogen-bond acceptors (Lipinski definition) is 3. The van der Waals surface area contributed by atoms with Crippen LogP contribution in [0.3, 0.4) is 0 Å². The average molecular weight is 494 g/mol. The van der Waals surface area contributed by atoms with Crippen molar-refractivity contribution in [1.82, 2.24) is 15.5 Å². The van der Waals surface area contributed by atoms with E-state index in [1.807, 2.05) is 29.2 Å². The van der Waals surface area contributed by atoms with Gasteiger partial charge in [-0.15, -0.1) is 24.0 Å². The van der Waals surface area contributed by atoms with Gasteiger partial charge in [0.2, 0.25) is 5.91 Å². The molecule has 0 aliphatic carbocycles. The first kappa shape index (κ1) is 22.8. The predicted molar refractivity (Wildman–Crippen MR) is 120 cm³/mol. The van der Waals surface area contributed by atoms with Crippen molar-refractivity contribution in [3.05, 3.63) is 29.3 Å². The van der Waals surface area contributed by atoms with Gasteiger partial charge in [0.05, 0.1) is 6.54 Å². The quantitative estimate of drug-likeness (QED) is 0.277. The number of anilines is 1. The second-order valence-corrected chi connectivity index (χ2v) is 6.49. The summed E-state index contributed by atoms with van der Waals surface area (Å²) in [6.07, 6.45) is 2.21. The van der Waals surface area contributed by atoms with E-state index >= 15 is 0 Å². The monoisotopic (exact) mass is 493 g/mol. The minimum atomic E-state index is 0. The maximum absolute atomic E-state index is 12.4. The minimum Gasteiger partial charge on any atom is -0.368 e. The molecule has 1 fully saturated rings. The fourth-order valence-corrected chi connectivity index (χ4v) is 2.87. The lowest BCUT2D eigenvalue weighted by molar-refractivity contribution is -0.130. The highest BCUT2D eigenvalue weighted by molar-refractivity contribution is 14.0. The molecular weight excluding hydrogens is 465 g/mol. The molecule has 1 saturated heterocycles. The highest BCUT2D eigenvalue weighted by Crippen LogP contribution is 2.19. The van der Waals surface area contributed by atoms with Crippen molar-refractivity contribution < 1.29 is 4.79 Å². The summed E-state index contributed by atoms with van der Waals surface area (Å²) < 4.78 is 0. The highest BCUT2D eigenvalue weighted by Gasteiger charge is 2.21. The molecule has 0 bridgehead atoms. The van der Waals surface area contributed by atoms with Gasteiger partial charge in [0, 0.05) is 50.5 Å². The van der Waals surface area contributed by atoms with E-state index in [1.165, 1.54) is 0 Å². The van der Waals surface area contributed by atoms with Crippen molar-refractivity contribution in [2.45, 2.75) is 19.8 Å². The van der Waals surface area contributed by atoms with Crippen LogP contribution in [0.5, 0.6) is 0 Å². The van der Waals surface area contributed by atoms with E-state index in [9.17, 15) is 4.79 Å². The molecule has 146 valence electrons. The van der Waals surface area contributed by atoms with E-state index in [2.05, 4.69) is 27.4 Å². The number of benzene rings is 1. The highest BCUT2D eigenvalue weighted by atomic mass is 127. The van der Waals surface area contributed by atoms with Gasteiger partial charge < -0.3 is 20.4 Å². The maximum Gasteiger partial charge on any atom is 0.242 e. The molecule has 0 unspecified atom stereocenters. The Labute approximate surface area is 178 Å². The van der Waals surface area contributed by atoms with Gasteiger partial charge in [0.25, 0.3) is 0 Å². The zero-order chi connectivity index (χ0) is 18.1. The average Bonchev–Trinajstić information content (AvgIpc) is 2.65. The Kier molecular flexibility index (Phi) is 10.7. The molecule has 1 heterocycles. The third-order valence-corrected chi connectivity index (χ3v) is 4.53. The minimum absolute atomic E-state index is 0. The summed E-state index contributed by atoms with van der Waals surface area (Å²) in [5.74, 6) is 0.788. The number of aliphatic imine (C=N–C) groups is 1. The Morgan fingerprint density at radius 2 is 1.81 bits per heavy atom. The first-order valence-electron chi connectivity index (χ1n) is 8.87. The molecule has 0 saturated carbocycles. The van der Waals surface area contributed by atoms with Crippen LogP contribution in [-0.4, -0.2) is 63.1 Å². The Bertz CT molecular complexity index is 573. The zero-order valence-corrected chi connectivity index (χ0v) is 18.6. The summed E-state index contributed by atoms with van der Waals surface area (Å²) in [5, 5.41) is 7.05. The van der Waals surface area contributed by atoms with Gasteiger partial charge in [-0.05, 0) is 30.7 Å². The molecule has 1 aliphatic heterocycles. The lowest BCUT2D eigenvalue weighted by Crippen LogP contribution is -2.52. The summed E-state index contributed by atoms with van der Waals surface area (Å²) in [7, 11) is 1.72. The van der Waals surface area contributed by atoms with Crippen LogP contribution in [0.25, 0.3) is 0 Å². The van der Waals surface area contributed by atoms with Crippen LogP contribution in [0.15, 0.2) is 29.3 Å². The first-order chi connectivity index (χ1) is 12.1. The van der Waals surface area contributed by atoms with Gasteiger partial charge in [-0.25, -0.2) is 0 Å². The van der Waals surface area contributed by atoms with E-state index in [1.54, 1.807) is 7.05 Å². The number of piperazine rings is 1. The largest absolute Gasteiger partial charge is 0.368 e. The molecule has 0 atom stereocenters. The summed E-state index contributed by atoms with van der Waals surface area (Å²) >= 11 is 5.93. The summed E-state index contributed by atoms with van der Waals surface area (Å²) in [5.41, 5.74) is 1.15. The van der Waals surface area contributed by atoms with Crippen LogP contribution in [0.1, 0.15) is 19.8 Å². The first-order valence-corrected chi connectivity index (χ1v) is 9.24. The molecular formula is C18H29ClIN5O. The molecule has 1 aliphatic rings. The van der Waals surface area contributed by atoms with Crippen molar-refractivity contribution in [3.8, 4) is 0 Å². The molecule has 1 amide bonds. The van der Waals surface area contributed by atoms with Crippen LogP contribution in [-0.2, 0) is 4.79 Å². The number of nitrogens with one attached hydrogen (secondary N) is 2. The second-order valence-electron chi connectivity index (χ2n) is 6.05. The Morgan fingerprint density at radius 3 is 2.38 bits per heavy atom. The molecule has 1 aromatic rings. The molecule has 0 spiro atoms. The number of amides is 1. The van der Waals surface area contributed by atoms with Gasteiger partial charge in [-0.2, -0.15) is 0 Å². The fourth-order valence-electron chi connectivity index (χ4n) is 2.74. The van der Waals surface area contributed by atoms with Crippen LogP contribution < -0.4 is 15.5 Å². The van der Waals surface area contributed by atoms with E-state index in [0.29, 0.717) is 5.96 Å². The number of unbranched alkanes of at least 4 members (excludes halogenated alkanes) is 1. The van der Waals surface area contributed by atoms with Crippen molar-refractivity contribution >= 4 is 53.1 Å². The van der Waals surface area contributed by atoms with Gasteiger partial charge >= 0.3 is 0 Å². The lowest BCUT2D eigenvalue weighted by atomic mass is 10.2. The number of carbonyl (C=O) groups excluding carboxylic acids is 1. The van der Waals surface area contributed by atoms with Crippen molar-refractivity contribution in [3.63, 3.8) is 0 Å². The maximum atomic E-state index is 12.4. The van der Waals surface area contributed by atoms with Crippen LogP contribution >= 0.6 is 35.6 Å². The SMILES string of the molecule is CCCCNC(=NC)NCC(=O)N1CCN(c2ccc(Cl)cc2)CC1.I. The second kappa shape index (κ2) is 12.2. The Balaban J connectivity index is 0.00000338. The van der Waals surface area contributed by atoms with Gasteiger partial charge in [-0.3, -0.25) is 9.79 Å². The molecule has 2 N–H and O–H groups in total. The third kappa shape index (κ3) is 7.19. The molecule has 0 aromatic heterocycles. The molecule has 6 nitrogen and oxygen atoms in total. The number of hydrogen-bond donors (Lipinski definition) is 2. The summed E-state index contributed by atoms with van der Waals surface area (Å²) in [6.45, 7) is 6.39. The normalized spacial score (nSPS) is 14.7. The summed E-state index contributed by atoms with van der Waals surface area (Å²) in [4.78, 5) is 20.7. The predicted octanol–water partition coefficient (Wildman–Crippen LogP) is 2.57. The molecule has 8 heteroatoms. The number of guanidine groups is 1. The number of halogens is 2. The Morgan fingerprint density at radius 1 is 1.15 bits per heavy atom. The van der Waals surface area contributed by atoms with Gasteiger partial charge in [-0.1, -0.05) is 24.9 Å². The van der Waals surface area contributed by atoms with Gasteiger partial charge in [0.15, 0.2) is 5.96 Å². The molecule has 0 radical (unpaired) electrons. The van der Waals surface area contributed by atoms with E-state index in [4.69, 9.17) is 11.6 Å². The van der Waals surface area contributed by atoms with Crippen LogP contribution in [0, 0.1) is 0 Å². The van der Waals surface area contributed by atoms with Crippen LogP contribution in [0.2, 0.25) is 5.02 Å². The number of carbonyl (C=O) groups is 1. The Hall–Kier alpha value is -1.22. The zero-order valence-electron chi connectivity index (χ0n) is 15.5. The fraction of sp³-hybridized carbons (Fsp3) is 0.556. The number of nitrogens with zero attached hydrogens (tertiary/aromatic N) is 3. The van der Waals surface area contributed by atoms with Crippen molar-refractivity contribution in [2.75, 3.05) is 51.2 Å².